The first kappa shape index (κ1) is 15.2. The van der Waals surface area contributed by atoms with Crippen LogP contribution in [0.15, 0.2) is 30.5 Å². The molecular weight excluding hydrogens is 302 g/mol. The van der Waals surface area contributed by atoms with Gasteiger partial charge in [-0.2, -0.15) is 0 Å². The molecule has 0 bridgehead atoms. The third kappa shape index (κ3) is 2.79. The lowest BCUT2D eigenvalue weighted by molar-refractivity contribution is -0.140. The van der Waals surface area contributed by atoms with E-state index < -0.39 is 0 Å². The van der Waals surface area contributed by atoms with E-state index in [0.29, 0.717) is 38.5 Å². The topological polar surface area (TPSA) is 56.4 Å². The number of H-pyrrole nitrogens is 1. The minimum atomic E-state index is 0.145. The van der Waals surface area contributed by atoms with Gasteiger partial charge in [0.1, 0.15) is 0 Å². The van der Waals surface area contributed by atoms with Crippen LogP contribution in [0.1, 0.15) is 18.9 Å². The number of hydrogen-bond donors (Lipinski definition) is 1. The molecule has 1 N–H and O–H groups in total. The third-order valence-electron chi connectivity index (χ3n) is 5.39. The summed E-state index contributed by atoms with van der Waals surface area (Å²) in [6.07, 6.45) is 3.37. The van der Waals surface area contributed by atoms with E-state index in [1.54, 1.807) is 0 Å². The number of benzene rings is 1. The number of amides is 2. The second-order valence-electron chi connectivity index (χ2n) is 7.06. The molecule has 2 heterocycles. The average Bonchev–Trinajstić information content (AvgIpc) is 3.21. The van der Waals surface area contributed by atoms with Crippen LogP contribution in [0.3, 0.4) is 0 Å². The normalized spacial score (nSPS) is 23.5. The van der Waals surface area contributed by atoms with Crippen LogP contribution in [0.5, 0.6) is 0 Å². The summed E-state index contributed by atoms with van der Waals surface area (Å²) in [6, 6.07) is 8.04. The lowest BCUT2D eigenvalue weighted by Gasteiger charge is -2.35. The highest BCUT2D eigenvalue weighted by atomic mass is 16.2. The van der Waals surface area contributed by atoms with Crippen molar-refractivity contribution >= 4 is 22.7 Å². The Bertz CT molecular complexity index is 774. The highest BCUT2D eigenvalue weighted by Crippen LogP contribution is 2.39. The maximum Gasteiger partial charge on any atom is 0.227 e. The third-order valence-corrected chi connectivity index (χ3v) is 5.39. The van der Waals surface area contributed by atoms with Crippen LogP contribution < -0.4 is 0 Å². The van der Waals surface area contributed by atoms with Gasteiger partial charge in [0, 0.05) is 49.2 Å². The monoisotopic (exact) mass is 325 g/mol. The second-order valence-corrected chi connectivity index (χ2v) is 7.06. The van der Waals surface area contributed by atoms with Gasteiger partial charge in [-0.15, -0.1) is 0 Å². The molecule has 5 nitrogen and oxygen atoms in total. The summed E-state index contributed by atoms with van der Waals surface area (Å²) >= 11 is 0. The number of nitrogens with one attached hydrogen (secondary N) is 1. The molecule has 4 rings (SSSR count). The summed E-state index contributed by atoms with van der Waals surface area (Å²) in [6.45, 7) is 4.76. The number of nitrogens with zero attached hydrogens (tertiary/aromatic N) is 2. The van der Waals surface area contributed by atoms with E-state index in [0.717, 1.165) is 22.9 Å². The average molecular weight is 325 g/mol. The van der Waals surface area contributed by atoms with Crippen molar-refractivity contribution in [1.29, 1.82) is 0 Å². The van der Waals surface area contributed by atoms with Crippen molar-refractivity contribution in [2.75, 3.05) is 26.2 Å². The van der Waals surface area contributed by atoms with Crippen molar-refractivity contribution < 1.29 is 9.59 Å². The lowest BCUT2D eigenvalue weighted by atomic mass is 10.1. The van der Waals surface area contributed by atoms with Crippen LogP contribution in [-0.4, -0.2) is 52.8 Å². The van der Waals surface area contributed by atoms with Crippen molar-refractivity contribution in [2.24, 2.45) is 11.8 Å². The zero-order chi connectivity index (χ0) is 16.7. The first-order valence-electron chi connectivity index (χ1n) is 8.75. The van der Waals surface area contributed by atoms with Crippen LogP contribution in [0.2, 0.25) is 0 Å². The predicted octanol–water partition coefficient (Wildman–Crippen LogP) is 2.04. The summed E-state index contributed by atoms with van der Waals surface area (Å²) in [5, 5.41) is 1.11. The van der Waals surface area contributed by atoms with Crippen LogP contribution in [0.25, 0.3) is 10.9 Å². The zero-order valence-electron chi connectivity index (χ0n) is 14.0. The van der Waals surface area contributed by atoms with E-state index in [2.05, 4.69) is 11.9 Å². The van der Waals surface area contributed by atoms with Gasteiger partial charge < -0.3 is 14.8 Å². The van der Waals surface area contributed by atoms with Crippen LogP contribution >= 0.6 is 0 Å². The molecule has 2 aromatic rings. The number of piperazine rings is 1. The summed E-state index contributed by atoms with van der Waals surface area (Å²) < 4.78 is 0. The van der Waals surface area contributed by atoms with Crippen LogP contribution in [0.4, 0.5) is 0 Å². The molecule has 1 aliphatic carbocycles. The van der Waals surface area contributed by atoms with Crippen molar-refractivity contribution in [3.8, 4) is 0 Å². The molecule has 2 amide bonds. The highest BCUT2D eigenvalue weighted by Gasteiger charge is 2.42. The van der Waals surface area contributed by atoms with Gasteiger partial charge in [0.15, 0.2) is 0 Å². The quantitative estimate of drug-likeness (QED) is 0.939. The molecule has 5 heteroatoms. The van der Waals surface area contributed by atoms with Gasteiger partial charge in [0.25, 0.3) is 0 Å². The number of rotatable bonds is 3. The van der Waals surface area contributed by atoms with E-state index in [1.165, 1.54) is 0 Å². The maximum absolute atomic E-state index is 12.6. The highest BCUT2D eigenvalue weighted by molar-refractivity contribution is 5.89. The zero-order valence-corrected chi connectivity index (χ0v) is 14.0. The Hall–Kier alpha value is -2.30. The van der Waals surface area contributed by atoms with E-state index in [1.807, 2.05) is 40.3 Å². The fraction of sp³-hybridized carbons (Fsp3) is 0.474. The lowest BCUT2D eigenvalue weighted by Crippen LogP contribution is -2.51. The van der Waals surface area contributed by atoms with Gasteiger partial charge in [0.05, 0.1) is 6.42 Å². The Kier molecular flexibility index (Phi) is 3.79. The first-order valence-corrected chi connectivity index (χ1v) is 8.75. The standard InChI is InChI=1S/C19H23N3O2/c1-13-10-16(13)19(24)22-8-6-21(7-9-22)18(23)11-14-12-20-17-5-3-2-4-15(14)17/h2-5,12-13,16,20H,6-11H2,1H3/t13-,16-/m0/s1. The smallest absolute Gasteiger partial charge is 0.227 e. The summed E-state index contributed by atoms with van der Waals surface area (Å²) in [7, 11) is 0. The summed E-state index contributed by atoms with van der Waals surface area (Å²) in [5.74, 6) is 1.20. The van der Waals surface area contributed by atoms with Gasteiger partial charge in [-0.3, -0.25) is 9.59 Å². The minimum Gasteiger partial charge on any atom is -0.361 e. The number of carbonyl (C=O) groups is 2. The number of aromatic nitrogens is 1. The fourth-order valence-electron chi connectivity index (χ4n) is 3.63. The molecule has 2 fully saturated rings. The molecule has 1 aromatic heterocycles. The van der Waals surface area contributed by atoms with E-state index in [9.17, 15) is 9.59 Å². The Morgan fingerprint density at radius 2 is 1.79 bits per heavy atom. The molecule has 0 spiro atoms. The van der Waals surface area contributed by atoms with Crippen molar-refractivity contribution in [3.63, 3.8) is 0 Å². The Balaban J connectivity index is 1.35. The van der Waals surface area contributed by atoms with E-state index in [4.69, 9.17) is 0 Å². The largest absolute Gasteiger partial charge is 0.361 e. The van der Waals surface area contributed by atoms with Gasteiger partial charge in [-0.05, 0) is 24.0 Å². The van der Waals surface area contributed by atoms with Gasteiger partial charge in [-0.25, -0.2) is 0 Å². The van der Waals surface area contributed by atoms with Crippen LogP contribution in [-0.2, 0) is 16.0 Å². The second kappa shape index (κ2) is 5.96. The molecule has 24 heavy (non-hydrogen) atoms. The Morgan fingerprint density at radius 1 is 1.12 bits per heavy atom. The van der Waals surface area contributed by atoms with Crippen molar-refractivity contribution in [1.82, 2.24) is 14.8 Å². The molecule has 2 atom stereocenters. The Morgan fingerprint density at radius 3 is 2.50 bits per heavy atom. The van der Waals surface area contributed by atoms with Crippen molar-refractivity contribution in [3.05, 3.63) is 36.0 Å². The summed E-state index contributed by atoms with van der Waals surface area (Å²) in [5.41, 5.74) is 2.11. The molecule has 1 aliphatic heterocycles. The van der Waals surface area contributed by atoms with Gasteiger partial charge in [0.2, 0.25) is 11.8 Å². The SMILES string of the molecule is C[C@H]1C[C@@H]1C(=O)N1CCN(C(=O)Cc2c[nH]c3ccccc23)CC1. The van der Waals surface area contributed by atoms with Crippen LogP contribution in [0, 0.1) is 11.8 Å². The molecular formula is C19H23N3O2. The summed E-state index contributed by atoms with van der Waals surface area (Å²) in [4.78, 5) is 31.9. The van der Waals surface area contributed by atoms with E-state index in [-0.39, 0.29) is 17.7 Å². The minimum absolute atomic E-state index is 0.145. The molecule has 0 unspecified atom stereocenters. The molecule has 2 aliphatic rings. The molecule has 1 saturated heterocycles. The number of aromatic amines is 1. The number of hydrogen-bond acceptors (Lipinski definition) is 2. The van der Waals surface area contributed by atoms with Crippen molar-refractivity contribution in [2.45, 2.75) is 19.8 Å². The molecule has 0 radical (unpaired) electrons. The van der Waals surface area contributed by atoms with Gasteiger partial charge in [-0.1, -0.05) is 25.1 Å². The number of fused-ring (bicyclic) bond motifs is 1. The molecule has 1 aromatic carbocycles. The van der Waals surface area contributed by atoms with E-state index >= 15 is 0 Å². The number of para-hydroxylation sites is 1. The maximum atomic E-state index is 12.6. The predicted molar refractivity (Wildman–Crippen MR) is 92.4 cm³/mol. The Labute approximate surface area is 141 Å². The number of carbonyl (C=O) groups excluding carboxylic acids is 2. The fourth-order valence-corrected chi connectivity index (χ4v) is 3.63. The molecule has 126 valence electrons. The molecule has 1 saturated carbocycles. The van der Waals surface area contributed by atoms with Gasteiger partial charge >= 0.3 is 0 Å². The first-order chi connectivity index (χ1) is 11.6.